The van der Waals surface area contributed by atoms with Gasteiger partial charge in [-0.1, -0.05) is 29.3 Å². The highest BCUT2D eigenvalue weighted by molar-refractivity contribution is 6.34. The van der Waals surface area contributed by atoms with Gasteiger partial charge in [-0.25, -0.2) is 0 Å². The molecular weight excluding hydrogens is 267 g/mol. The standard InChI is InChI=1S/C14H14Cl2N2/c15-11-7-10(8-12(16)9-11)13(4-5-17)14-3-1-2-6-18-14/h1-3,6-9,13H,4-5,17H2. The second kappa shape index (κ2) is 6.19. The number of rotatable bonds is 4. The van der Waals surface area contributed by atoms with E-state index in [0.29, 0.717) is 16.6 Å². The molecule has 0 aliphatic carbocycles. The maximum Gasteiger partial charge on any atom is 0.0478 e. The summed E-state index contributed by atoms with van der Waals surface area (Å²) in [6.45, 7) is 0.589. The summed E-state index contributed by atoms with van der Waals surface area (Å²) in [5.41, 5.74) is 7.73. The van der Waals surface area contributed by atoms with Crippen molar-refractivity contribution in [1.82, 2.24) is 4.98 Å². The lowest BCUT2D eigenvalue weighted by Gasteiger charge is -2.16. The van der Waals surface area contributed by atoms with E-state index in [9.17, 15) is 0 Å². The molecule has 94 valence electrons. The highest BCUT2D eigenvalue weighted by atomic mass is 35.5. The Balaban J connectivity index is 2.41. The third-order valence-electron chi connectivity index (χ3n) is 2.79. The van der Waals surface area contributed by atoms with E-state index in [0.717, 1.165) is 17.7 Å². The van der Waals surface area contributed by atoms with Crippen LogP contribution in [0.25, 0.3) is 0 Å². The van der Waals surface area contributed by atoms with Crippen molar-refractivity contribution in [3.05, 3.63) is 63.9 Å². The first-order valence-electron chi connectivity index (χ1n) is 5.77. The van der Waals surface area contributed by atoms with Gasteiger partial charge in [-0.2, -0.15) is 0 Å². The highest BCUT2D eigenvalue weighted by Crippen LogP contribution is 2.30. The number of nitrogens with two attached hydrogens (primary N) is 1. The van der Waals surface area contributed by atoms with E-state index >= 15 is 0 Å². The zero-order valence-electron chi connectivity index (χ0n) is 9.81. The van der Waals surface area contributed by atoms with Crippen LogP contribution in [0.2, 0.25) is 10.0 Å². The highest BCUT2D eigenvalue weighted by Gasteiger charge is 2.15. The van der Waals surface area contributed by atoms with E-state index < -0.39 is 0 Å². The fourth-order valence-electron chi connectivity index (χ4n) is 2.01. The summed E-state index contributed by atoms with van der Waals surface area (Å²) >= 11 is 12.1. The molecule has 0 radical (unpaired) electrons. The Kier molecular flexibility index (Phi) is 4.59. The van der Waals surface area contributed by atoms with Crippen molar-refractivity contribution >= 4 is 23.2 Å². The zero-order chi connectivity index (χ0) is 13.0. The summed E-state index contributed by atoms with van der Waals surface area (Å²) in [4.78, 5) is 4.39. The molecule has 0 spiro atoms. The molecule has 2 rings (SSSR count). The van der Waals surface area contributed by atoms with Gasteiger partial charge in [-0.05, 0) is 48.9 Å². The van der Waals surface area contributed by atoms with Gasteiger partial charge in [-0.3, -0.25) is 4.98 Å². The maximum atomic E-state index is 6.05. The Morgan fingerprint density at radius 1 is 1.11 bits per heavy atom. The van der Waals surface area contributed by atoms with Crippen LogP contribution in [0.5, 0.6) is 0 Å². The summed E-state index contributed by atoms with van der Waals surface area (Å²) in [6.07, 6.45) is 2.60. The second-order valence-electron chi connectivity index (χ2n) is 4.09. The second-order valence-corrected chi connectivity index (χ2v) is 4.96. The van der Waals surface area contributed by atoms with Crippen molar-refractivity contribution in [2.45, 2.75) is 12.3 Å². The minimum absolute atomic E-state index is 0.132. The molecule has 4 heteroatoms. The van der Waals surface area contributed by atoms with Gasteiger partial charge in [0.15, 0.2) is 0 Å². The van der Waals surface area contributed by atoms with Gasteiger partial charge >= 0.3 is 0 Å². The molecule has 2 N–H and O–H groups in total. The number of halogens is 2. The molecule has 1 aromatic heterocycles. The van der Waals surface area contributed by atoms with Crippen molar-refractivity contribution < 1.29 is 0 Å². The Hall–Kier alpha value is -1.09. The fraction of sp³-hybridized carbons (Fsp3) is 0.214. The number of hydrogen-bond donors (Lipinski definition) is 1. The van der Waals surface area contributed by atoms with Gasteiger partial charge in [-0.15, -0.1) is 0 Å². The molecule has 0 saturated carbocycles. The number of aromatic nitrogens is 1. The summed E-state index contributed by atoms with van der Waals surface area (Å²) in [7, 11) is 0. The average Bonchev–Trinajstić information content (AvgIpc) is 2.36. The SMILES string of the molecule is NCCC(c1cc(Cl)cc(Cl)c1)c1ccccn1. The molecule has 0 saturated heterocycles. The van der Waals surface area contributed by atoms with E-state index in [-0.39, 0.29) is 5.92 Å². The summed E-state index contributed by atoms with van der Waals surface area (Å²) in [5, 5.41) is 1.27. The first-order chi connectivity index (χ1) is 8.70. The predicted octanol–water partition coefficient (Wildman–Crippen LogP) is 3.87. The lowest BCUT2D eigenvalue weighted by molar-refractivity contribution is 0.706. The Morgan fingerprint density at radius 2 is 1.83 bits per heavy atom. The van der Waals surface area contributed by atoms with Crippen LogP contribution in [0.3, 0.4) is 0 Å². The van der Waals surface area contributed by atoms with Crippen molar-refractivity contribution in [2.24, 2.45) is 5.73 Å². The van der Waals surface area contributed by atoms with E-state index in [1.54, 1.807) is 12.3 Å². The summed E-state index contributed by atoms with van der Waals surface area (Å²) in [5.74, 6) is 0.132. The molecule has 0 fully saturated rings. The van der Waals surface area contributed by atoms with Gasteiger partial charge in [0, 0.05) is 27.9 Å². The predicted molar refractivity (Wildman–Crippen MR) is 76.2 cm³/mol. The average molecular weight is 281 g/mol. The van der Waals surface area contributed by atoms with E-state index in [1.807, 2.05) is 30.3 Å². The zero-order valence-corrected chi connectivity index (χ0v) is 11.3. The Bertz CT molecular complexity index is 494. The van der Waals surface area contributed by atoms with E-state index in [1.165, 1.54) is 0 Å². The van der Waals surface area contributed by atoms with Crippen molar-refractivity contribution in [2.75, 3.05) is 6.54 Å². The number of pyridine rings is 1. The molecule has 1 heterocycles. The first-order valence-corrected chi connectivity index (χ1v) is 6.53. The van der Waals surface area contributed by atoms with Gasteiger partial charge in [0.2, 0.25) is 0 Å². The van der Waals surface area contributed by atoms with Crippen LogP contribution < -0.4 is 5.73 Å². The Labute approximate surface area is 117 Å². The minimum Gasteiger partial charge on any atom is -0.330 e. The normalized spacial score (nSPS) is 12.4. The molecule has 0 amide bonds. The third-order valence-corrected chi connectivity index (χ3v) is 3.22. The van der Waals surface area contributed by atoms with Crippen LogP contribution in [0, 0.1) is 0 Å². The quantitative estimate of drug-likeness (QED) is 0.924. The lowest BCUT2D eigenvalue weighted by Crippen LogP contribution is -2.10. The topological polar surface area (TPSA) is 38.9 Å². The summed E-state index contributed by atoms with van der Waals surface area (Å²) < 4.78 is 0. The molecule has 0 aliphatic heterocycles. The van der Waals surface area contributed by atoms with Crippen molar-refractivity contribution in [1.29, 1.82) is 0 Å². The molecule has 1 unspecified atom stereocenters. The van der Waals surface area contributed by atoms with Crippen LogP contribution in [0.15, 0.2) is 42.6 Å². The molecule has 2 aromatic rings. The van der Waals surface area contributed by atoms with Gasteiger partial charge in [0.1, 0.15) is 0 Å². The molecule has 0 aliphatic rings. The van der Waals surface area contributed by atoms with Crippen molar-refractivity contribution in [3.8, 4) is 0 Å². The van der Waals surface area contributed by atoms with Crippen molar-refractivity contribution in [3.63, 3.8) is 0 Å². The number of benzene rings is 1. The minimum atomic E-state index is 0.132. The van der Waals surface area contributed by atoms with Gasteiger partial charge in [0.25, 0.3) is 0 Å². The lowest BCUT2D eigenvalue weighted by atomic mass is 9.92. The fourth-order valence-corrected chi connectivity index (χ4v) is 2.55. The first kappa shape index (κ1) is 13.3. The smallest absolute Gasteiger partial charge is 0.0478 e. The van der Waals surface area contributed by atoms with Crippen LogP contribution in [-0.2, 0) is 0 Å². The van der Waals surface area contributed by atoms with Crippen LogP contribution >= 0.6 is 23.2 Å². The number of nitrogens with zero attached hydrogens (tertiary/aromatic N) is 1. The van der Waals surface area contributed by atoms with E-state index in [2.05, 4.69) is 4.98 Å². The Morgan fingerprint density at radius 3 is 2.39 bits per heavy atom. The summed E-state index contributed by atoms with van der Waals surface area (Å²) in [6, 6.07) is 11.4. The molecule has 1 aromatic carbocycles. The molecular formula is C14H14Cl2N2. The molecule has 2 nitrogen and oxygen atoms in total. The van der Waals surface area contributed by atoms with Crippen LogP contribution in [0.4, 0.5) is 0 Å². The number of hydrogen-bond acceptors (Lipinski definition) is 2. The van der Waals surface area contributed by atoms with Gasteiger partial charge < -0.3 is 5.73 Å². The third kappa shape index (κ3) is 3.22. The molecule has 1 atom stereocenters. The monoisotopic (exact) mass is 280 g/mol. The maximum absolute atomic E-state index is 6.05. The largest absolute Gasteiger partial charge is 0.330 e. The van der Waals surface area contributed by atoms with Crippen LogP contribution in [-0.4, -0.2) is 11.5 Å². The van der Waals surface area contributed by atoms with E-state index in [4.69, 9.17) is 28.9 Å². The van der Waals surface area contributed by atoms with Gasteiger partial charge in [0.05, 0.1) is 0 Å². The van der Waals surface area contributed by atoms with Crippen LogP contribution in [0.1, 0.15) is 23.6 Å². The molecule has 0 bridgehead atoms. The molecule has 18 heavy (non-hydrogen) atoms.